The molecule has 1 aromatic heterocycles. The average molecular weight is 409 g/mol. The maximum atomic E-state index is 11.9. The Morgan fingerprint density at radius 1 is 1.27 bits per heavy atom. The van der Waals surface area contributed by atoms with Crippen molar-refractivity contribution in [1.82, 2.24) is 5.43 Å². The second-order valence-electron chi connectivity index (χ2n) is 5.08. The van der Waals surface area contributed by atoms with Crippen LogP contribution in [-0.4, -0.2) is 25.2 Å². The molecule has 3 rings (SSSR count). The van der Waals surface area contributed by atoms with Crippen LogP contribution in [0.4, 0.5) is 5.88 Å². The van der Waals surface area contributed by atoms with Gasteiger partial charge in [0.05, 0.1) is 6.21 Å². The third kappa shape index (κ3) is 3.68. The number of carbonyl (C=O) groups is 1. The molecule has 0 saturated carbocycles. The Balaban J connectivity index is 1.59. The summed E-state index contributed by atoms with van der Waals surface area (Å²) in [6.07, 6.45) is 3.93. The molecule has 2 heterocycles. The molecule has 0 spiro atoms. The van der Waals surface area contributed by atoms with E-state index in [-0.39, 0.29) is 5.91 Å². The summed E-state index contributed by atoms with van der Waals surface area (Å²) in [4.78, 5) is 14.1. The standard InChI is InChI=1S/C16H16IN3O2/c17-13-5-3-4-12(10-13)16(21)19-18-11-14-6-7-15(22-14)20-8-1-2-9-20/h3-7,10-11H,1-2,8-9H2,(H,19,21)/b18-11-. The minimum absolute atomic E-state index is 0.235. The van der Waals surface area contributed by atoms with Crippen LogP contribution in [0.5, 0.6) is 0 Å². The maximum absolute atomic E-state index is 11.9. The fourth-order valence-electron chi connectivity index (χ4n) is 2.37. The maximum Gasteiger partial charge on any atom is 0.271 e. The number of hydrazone groups is 1. The Morgan fingerprint density at radius 3 is 2.86 bits per heavy atom. The summed E-state index contributed by atoms with van der Waals surface area (Å²) in [6.45, 7) is 2.07. The molecule has 0 atom stereocenters. The summed E-state index contributed by atoms with van der Waals surface area (Å²) < 4.78 is 6.71. The molecule has 0 bridgehead atoms. The van der Waals surface area contributed by atoms with E-state index in [1.807, 2.05) is 30.3 Å². The van der Waals surface area contributed by atoms with Gasteiger partial charge in [0.1, 0.15) is 5.76 Å². The number of hydrogen-bond acceptors (Lipinski definition) is 4. The van der Waals surface area contributed by atoms with Crippen LogP contribution < -0.4 is 10.3 Å². The number of nitrogens with one attached hydrogen (secondary N) is 1. The molecule has 5 nitrogen and oxygen atoms in total. The second-order valence-corrected chi connectivity index (χ2v) is 6.33. The molecule has 2 aromatic rings. The van der Waals surface area contributed by atoms with Crippen molar-refractivity contribution in [2.75, 3.05) is 18.0 Å². The van der Waals surface area contributed by atoms with Crippen molar-refractivity contribution in [3.63, 3.8) is 0 Å². The Morgan fingerprint density at radius 2 is 2.09 bits per heavy atom. The predicted octanol–water partition coefficient (Wildman–Crippen LogP) is 3.25. The van der Waals surface area contributed by atoms with Gasteiger partial charge in [-0.1, -0.05) is 6.07 Å². The molecular weight excluding hydrogens is 393 g/mol. The lowest BCUT2D eigenvalue weighted by Crippen LogP contribution is -2.17. The van der Waals surface area contributed by atoms with Crippen molar-refractivity contribution in [1.29, 1.82) is 0 Å². The lowest BCUT2D eigenvalue weighted by Gasteiger charge is -2.12. The largest absolute Gasteiger partial charge is 0.440 e. The van der Waals surface area contributed by atoms with Crippen molar-refractivity contribution in [2.45, 2.75) is 12.8 Å². The average Bonchev–Trinajstić information content (AvgIpc) is 3.18. The van der Waals surface area contributed by atoms with E-state index in [0.29, 0.717) is 11.3 Å². The first-order valence-electron chi connectivity index (χ1n) is 7.16. The van der Waals surface area contributed by atoms with Gasteiger partial charge in [0, 0.05) is 28.3 Å². The predicted molar refractivity (Wildman–Crippen MR) is 94.4 cm³/mol. The van der Waals surface area contributed by atoms with Gasteiger partial charge in [0.15, 0.2) is 5.88 Å². The number of furan rings is 1. The van der Waals surface area contributed by atoms with Gasteiger partial charge in [0.2, 0.25) is 0 Å². The summed E-state index contributed by atoms with van der Waals surface area (Å²) in [5.74, 6) is 1.26. The highest BCUT2D eigenvalue weighted by Crippen LogP contribution is 2.21. The summed E-state index contributed by atoms with van der Waals surface area (Å²) in [6, 6.07) is 11.1. The van der Waals surface area contributed by atoms with E-state index in [2.05, 4.69) is 38.0 Å². The fraction of sp³-hybridized carbons (Fsp3) is 0.250. The molecule has 1 fully saturated rings. The summed E-state index contributed by atoms with van der Waals surface area (Å²) in [5.41, 5.74) is 3.09. The second kappa shape index (κ2) is 6.95. The molecule has 0 radical (unpaired) electrons. The zero-order valence-corrected chi connectivity index (χ0v) is 14.1. The van der Waals surface area contributed by atoms with Crippen LogP contribution in [0.25, 0.3) is 0 Å². The smallest absolute Gasteiger partial charge is 0.271 e. The van der Waals surface area contributed by atoms with Crippen molar-refractivity contribution in [3.05, 3.63) is 51.3 Å². The van der Waals surface area contributed by atoms with Crippen LogP contribution in [-0.2, 0) is 0 Å². The minimum Gasteiger partial charge on any atom is -0.440 e. The lowest BCUT2D eigenvalue weighted by atomic mass is 10.2. The first kappa shape index (κ1) is 15.1. The van der Waals surface area contributed by atoms with Gasteiger partial charge in [-0.25, -0.2) is 5.43 Å². The monoisotopic (exact) mass is 409 g/mol. The molecular formula is C16H16IN3O2. The molecule has 114 valence electrons. The quantitative estimate of drug-likeness (QED) is 0.479. The van der Waals surface area contributed by atoms with E-state index in [0.717, 1.165) is 22.5 Å². The zero-order valence-electron chi connectivity index (χ0n) is 12.0. The Labute approximate surface area is 142 Å². The molecule has 1 N–H and O–H groups in total. The highest BCUT2D eigenvalue weighted by atomic mass is 127. The van der Waals surface area contributed by atoms with Crippen molar-refractivity contribution >= 4 is 40.6 Å². The molecule has 1 aliphatic rings. The Kier molecular flexibility index (Phi) is 4.77. The summed E-state index contributed by atoms with van der Waals surface area (Å²) >= 11 is 2.17. The van der Waals surface area contributed by atoms with E-state index in [1.54, 1.807) is 6.07 Å². The zero-order chi connectivity index (χ0) is 15.4. The van der Waals surface area contributed by atoms with Gasteiger partial charge >= 0.3 is 0 Å². The van der Waals surface area contributed by atoms with E-state index >= 15 is 0 Å². The number of halogens is 1. The van der Waals surface area contributed by atoms with Crippen LogP contribution in [0, 0.1) is 3.57 Å². The van der Waals surface area contributed by atoms with Gasteiger partial charge in [-0.2, -0.15) is 5.10 Å². The van der Waals surface area contributed by atoms with Crippen LogP contribution in [0.2, 0.25) is 0 Å². The molecule has 0 unspecified atom stereocenters. The molecule has 6 heteroatoms. The first-order chi connectivity index (χ1) is 10.7. The van der Waals surface area contributed by atoms with Gasteiger partial charge in [-0.3, -0.25) is 4.79 Å². The van der Waals surface area contributed by atoms with Gasteiger partial charge in [-0.05, 0) is 59.7 Å². The summed E-state index contributed by atoms with van der Waals surface area (Å²) in [7, 11) is 0. The highest BCUT2D eigenvalue weighted by Gasteiger charge is 2.15. The molecule has 1 saturated heterocycles. The van der Waals surface area contributed by atoms with Crippen LogP contribution in [0.3, 0.4) is 0 Å². The van der Waals surface area contributed by atoms with E-state index in [9.17, 15) is 4.79 Å². The molecule has 22 heavy (non-hydrogen) atoms. The van der Waals surface area contributed by atoms with E-state index < -0.39 is 0 Å². The number of anilines is 1. The van der Waals surface area contributed by atoms with Gasteiger partial charge in [-0.15, -0.1) is 0 Å². The van der Waals surface area contributed by atoms with Crippen LogP contribution >= 0.6 is 22.6 Å². The molecule has 0 aliphatic carbocycles. The van der Waals surface area contributed by atoms with Gasteiger partial charge < -0.3 is 9.32 Å². The van der Waals surface area contributed by atoms with Crippen molar-refractivity contribution in [3.8, 4) is 0 Å². The van der Waals surface area contributed by atoms with Gasteiger partial charge in [0.25, 0.3) is 5.91 Å². The fourth-order valence-corrected chi connectivity index (χ4v) is 2.91. The third-order valence-corrected chi connectivity index (χ3v) is 4.15. The SMILES string of the molecule is O=C(N/N=C\c1ccc(N2CCCC2)o1)c1cccc(I)c1. The number of carbonyl (C=O) groups excluding carboxylic acids is 1. The van der Waals surface area contributed by atoms with Crippen molar-refractivity contribution < 1.29 is 9.21 Å². The topological polar surface area (TPSA) is 57.8 Å². The molecule has 1 aromatic carbocycles. The lowest BCUT2D eigenvalue weighted by molar-refractivity contribution is 0.0955. The first-order valence-corrected chi connectivity index (χ1v) is 8.24. The van der Waals surface area contributed by atoms with E-state index in [4.69, 9.17) is 4.42 Å². The van der Waals surface area contributed by atoms with Crippen molar-refractivity contribution in [2.24, 2.45) is 5.10 Å². The number of nitrogens with zero attached hydrogens (tertiary/aromatic N) is 2. The molecule has 1 amide bonds. The number of rotatable bonds is 4. The van der Waals surface area contributed by atoms with E-state index in [1.165, 1.54) is 19.1 Å². The number of benzene rings is 1. The van der Waals surface area contributed by atoms with Crippen LogP contribution in [0.1, 0.15) is 29.0 Å². The Hall–Kier alpha value is -1.83. The summed E-state index contributed by atoms with van der Waals surface area (Å²) in [5, 5.41) is 3.95. The number of hydrogen-bond donors (Lipinski definition) is 1. The normalized spacial score (nSPS) is 14.7. The molecule has 1 aliphatic heterocycles. The minimum atomic E-state index is -0.235. The van der Waals surface area contributed by atoms with Crippen LogP contribution in [0.15, 0.2) is 45.9 Å². The Bertz CT molecular complexity index is 690. The third-order valence-electron chi connectivity index (χ3n) is 3.48. The highest BCUT2D eigenvalue weighted by molar-refractivity contribution is 14.1. The number of amides is 1.